The number of amides is 2. The van der Waals surface area contributed by atoms with Crippen LogP contribution in [0.4, 0.5) is 0 Å². The second-order valence-electron chi connectivity index (χ2n) is 8.33. The average Bonchev–Trinajstić information content (AvgIpc) is 3.45. The summed E-state index contributed by atoms with van der Waals surface area (Å²) in [5.41, 5.74) is 9.33. The van der Waals surface area contributed by atoms with Crippen molar-refractivity contribution < 1.29 is 14.0 Å². The van der Waals surface area contributed by atoms with Crippen LogP contribution >= 0.6 is 11.3 Å². The van der Waals surface area contributed by atoms with E-state index in [1.165, 1.54) is 28.2 Å². The molecule has 0 atom stereocenters. The number of benzene rings is 2. The van der Waals surface area contributed by atoms with E-state index >= 15 is 0 Å². The molecule has 5 rings (SSSR count). The third kappa shape index (κ3) is 4.63. The van der Waals surface area contributed by atoms with Crippen molar-refractivity contribution in [1.29, 1.82) is 0 Å². The fraction of sp³-hybridized carbons (Fsp3) is 0.231. The molecule has 0 unspecified atom stereocenters. The molecule has 2 N–H and O–H groups in total. The molecule has 34 heavy (non-hydrogen) atoms. The monoisotopic (exact) mass is 472 g/mol. The van der Waals surface area contributed by atoms with Crippen molar-refractivity contribution in [2.45, 2.75) is 39.0 Å². The fourth-order valence-corrected chi connectivity index (χ4v) is 5.20. The van der Waals surface area contributed by atoms with Gasteiger partial charge >= 0.3 is 0 Å². The minimum Gasteiger partial charge on any atom is -0.416 e. The van der Waals surface area contributed by atoms with Crippen molar-refractivity contribution in [3.63, 3.8) is 0 Å². The minimum absolute atomic E-state index is 0.294. The zero-order valence-electron chi connectivity index (χ0n) is 18.8. The summed E-state index contributed by atoms with van der Waals surface area (Å²) >= 11 is 1.52. The van der Waals surface area contributed by atoms with Crippen LogP contribution in [0.5, 0.6) is 0 Å². The van der Waals surface area contributed by atoms with Gasteiger partial charge in [-0.15, -0.1) is 21.5 Å². The zero-order chi connectivity index (χ0) is 23.5. The van der Waals surface area contributed by atoms with Gasteiger partial charge in [-0.1, -0.05) is 24.6 Å². The number of carbonyl (C=O) groups is 2. The van der Waals surface area contributed by atoms with E-state index in [0.29, 0.717) is 27.8 Å². The smallest absolute Gasteiger partial charge is 0.279 e. The number of nitrogens with one attached hydrogen (secondary N) is 2. The molecule has 0 aliphatic heterocycles. The number of aromatic nitrogens is 2. The Hall–Kier alpha value is -3.78. The lowest BCUT2D eigenvalue weighted by Gasteiger charge is -2.06. The van der Waals surface area contributed by atoms with E-state index in [1.54, 1.807) is 24.3 Å². The number of hydrogen-bond acceptors (Lipinski definition) is 6. The van der Waals surface area contributed by atoms with Gasteiger partial charge in [-0.3, -0.25) is 20.4 Å². The highest BCUT2D eigenvalue weighted by Crippen LogP contribution is 2.29. The second-order valence-corrected chi connectivity index (χ2v) is 9.47. The number of nitrogens with zero attached hydrogens (tertiary/aromatic N) is 2. The Morgan fingerprint density at radius 1 is 0.882 bits per heavy atom. The lowest BCUT2D eigenvalue weighted by Crippen LogP contribution is -2.41. The molecule has 0 saturated heterocycles. The van der Waals surface area contributed by atoms with Gasteiger partial charge in [-0.05, 0) is 80.1 Å². The molecular weight excluding hydrogens is 448 g/mol. The number of thiophene rings is 1. The molecule has 1 aliphatic carbocycles. The lowest BCUT2D eigenvalue weighted by molar-refractivity contribution is 0.0849. The van der Waals surface area contributed by atoms with Gasteiger partial charge in [0.05, 0.1) is 4.88 Å². The fourth-order valence-electron chi connectivity index (χ4n) is 4.05. The molecule has 4 aromatic rings. The maximum Gasteiger partial charge on any atom is 0.279 e. The number of hydrogen-bond donors (Lipinski definition) is 2. The normalized spacial score (nSPS) is 13.1. The van der Waals surface area contributed by atoms with E-state index in [0.717, 1.165) is 36.8 Å². The summed E-state index contributed by atoms with van der Waals surface area (Å²) in [5, 5.41) is 8.28. The standard InChI is InChI=1S/C26H24N4O3S/c1-16-7-5-6-9-20(16)26-30-29-25(33-26)18-13-11-17(12-14-18)23(31)27-28-24(32)22-15-19-8-3-2-4-10-21(19)34-22/h5-7,9,11-15H,2-4,8,10H2,1H3,(H,27,31)(H,28,32). The summed E-state index contributed by atoms with van der Waals surface area (Å²) in [7, 11) is 0. The first-order valence-electron chi connectivity index (χ1n) is 11.3. The number of fused-ring (bicyclic) bond motifs is 1. The Kier molecular flexibility index (Phi) is 6.22. The summed E-state index contributed by atoms with van der Waals surface area (Å²) in [6, 6.07) is 16.5. The molecule has 0 saturated carbocycles. The van der Waals surface area contributed by atoms with E-state index < -0.39 is 5.91 Å². The van der Waals surface area contributed by atoms with Gasteiger partial charge in [-0.25, -0.2) is 0 Å². The zero-order valence-corrected chi connectivity index (χ0v) is 19.6. The number of hydrazine groups is 1. The molecule has 2 aromatic carbocycles. The summed E-state index contributed by atoms with van der Waals surface area (Å²) in [5.74, 6) is 0.126. The summed E-state index contributed by atoms with van der Waals surface area (Å²) in [6.45, 7) is 1.99. The van der Waals surface area contributed by atoms with E-state index in [9.17, 15) is 9.59 Å². The van der Waals surface area contributed by atoms with Gasteiger partial charge < -0.3 is 4.42 Å². The number of carbonyl (C=O) groups excluding carboxylic acids is 2. The van der Waals surface area contributed by atoms with Crippen LogP contribution < -0.4 is 10.9 Å². The maximum atomic E-state index is 12.5. The molecule has 172 valence electrons. The van der Waals surface area contributed by atoms with Crippen molar-refractivity contribution >= 4 is 23.2 Å². The number of aryl methyl sites for hydroxylation is 3. The Bertz CT molecular complexity index is 1320. The van der Waals surface area contributed by atoms with Crippen LogP contribution in [0, 0.1) is 6.92 Å². The third-order valence-electron chi connectivity index (χ3n) is 5.95. The van der Waals surface area contributed by atoms with Crippen LogP contribution in [0.2, 0.25) is 0 Å². The highest BCUT2D eigenvalue weighted by atomic mass is 32.1. The Balaban J connectivity index is 1.21. The topological polar surface area (TPSA) is 97.1 Å². The Morgan fingerprint density at radius 3 is 2.44 bits per heavy atom. The van der Waals surface area contributed by atoms with Gasteiger partial charge in [0.1, 0.15) is 0 Å². The minimum atomic E-state index is -0.399. The maximum absolute atomic E-state index is 12.5. The van der Waals surface area contributed by atoms with Gasteiger partial charge in [0.15, 0.2) is 0 Å². The van der Waals surface area contributed by atoms with Crippen LogP contribution in [-0.2, 0) is 12.8 Å². The van der Waals surface area contributed by atoms with Gasteiger partial charge in [0.2, 0.25) is 11.8 Å². The Labute approximate surface area is 201 Å². The molecule has 8 heteroatoms. The molecule has 1 aliphatic rings. The van der Waals surface area contributed by atoms with Crippen molar-refractivity contribution in [3.05, 3.63) is 81.0 Å². The highest BCUT2D eigenvalue weighted by molar-refractivity contribution is 7.14. The quantitative estimate of drug-likeness (QED) is 0.317. The second kappa shape index (κ2) is 9.61. The summed E-state index contributed by atoms with van der Waals surface area (Å²) in [6.07, 6.45) is 5.60. The number of rotatable bonds is 4. The molecule has 2 aromatic heterocycles. The van der Waals surface area contributed by atoms with Crippen molar-refractivity contribution in [1.82, 2.24) is 21.0 Å². The van der Waals surface area contributed by atoms with Crippen molar-refractivity contribution in [2.75, 3.05) is 0 Å². The van der Waals surface area contributed by atoms with E-state index in [1.807, 2.05) is 37.3 Å². The molecule has 0 bridgehead atoms. The van der Waals surface area contributed by atoms with Gasteiger partial charge in [0.25, 0.3) is 11.8 Å². The first-order chi connectivity index (χ1) is 16.6. The summed E-state index contributed by atoms with van der Waals surface area (Å²) < 4.78 is 5.83. The highest BCUT2D eigenvalue weighted by Gasteiger charge is 2.18. The molecule has 0 radical (unpaired) electrons. The van der Waals surface area contributed by atoms with Crippen molar-refractivity contribution in [3.8, 4) is 22.9 Å². The third-order valence-corrected chi connectivity index (χ3v) is 7.19. The molecule has 2 amide bonds. The van der Waals surface area contributed by atoms with Crippen LogP contribution in [0.25, 0.3) is 22.9 Å². The van der Waals surface area contributed by atoms with E-state index in [2.05, 4.69) is 21.0 Å². The molecule has 0 fully saturated rings. The molecule has 7 nitrogen and oxygen atoms in total. The molecule has 0 spiro atoms. The largest absolute Gasteiger partial charge is 0.416 e. The van der Waals surface area contributed by atoms with E-state index in [-0.39, 0.29) is 5.91 Å². The molecule has 2 heterocycles. The lowest BCUT2D eigenvalue weighted by atomic mass is 10.1. The van der Waals surface area contributed by atoms with Crippen LogP contribution in [0.1, 0.15) is 55.3 Å². The summed E-state index contributed by atoms with van der Waals surface area (Å²) in [4.78, 5) is 27.0. The predicted octanol–water partition coefficient (Wildman–Crippen LogP) is 5.12. The van der Waals surface area contributed by atoms with Crippen LogP contribution in [0.15, 0.2) is 59.0 Å². The van der Waals surface area contributed by atoms with Gasteiger partial charge in [0, 0.05) is 21.6 Å². The van der Waals surface area contributed by atoms with Gasteiger partial charge in [-0.2, -0.15) is 0 Å². The first kappa shape index (κ1) is 22.0. The van der Waals surface area contributed by atoms with Crippen LogP contribution in [-0.4, -0.2) is 22.0 Å². The Morgan fingerprint density at radius 2 is 1.62 bits per heavy atom. The first-order valence-corrected chi connectivity index (χ1v) is 12.1. The van der Waals surface area contributed by atoms with E-state index in [4.69, 9.17) is 4.42 Å². The van der Waals surface area contributed by atoms with Crippen LogP contribution in [0.3, 0.4) is 0 Å². The van der Waals surface area contributed by atoms with Crippen molar-refractivity contribution in [2.24, 2.45) is 0 Å². The average molecular weight is 473 g/mol. The predicted molar refractivity (Wildman–Crippen MR) is 130 cm³/mol. The molecular formula is C26H24N4O3S. The SMILES string of the molecule is Cc1ccccc1-c1nnc(-c2ccc(C(=O)NNC(=O)c3cc4c(s3)CCCCC4)cc2)o1.